The lowest BCUT2D eigenvalue weighted by Crippen LogP contribution is -2.25. The quantitative estimate of drug-likeness (QED) is 0.372. The van der Waals surface area contributed by atoms with E-state index < -0.39 is 0 Å². The molecule has 0 heterocycles. The third kappa shape index (κ3) is 3.46. The van der Waals surface area contributed by atoms with Gasteiger partial charge < -0.3 is 5.32 Å². The van der Waals surface area contributed by atoms with Gasteiger partial charge in [-0.1, -0.05) is 16.7 Å². The van der Waals surface area contributed by atoms with Crippen LogP contribution in [0.3, 0.4) is 0 Å². The number of nitrogens with one attached hydrogen (secondary N) is 1. The Morgan fingerprint density at radius 2 is 2.38 bits per heavy atom. The van der Waals surface area contributed by atoms with Gasteiger partial charge in [0.1, 0.15) is 0 Å². The van der Waals surface area contributed by atoms with Crippen molar-refractivity contribution in [2.75, 3.05) is 13.1 Å². The van der Waals surface area contributed by atoms with Gasteiger partial charge in [-0.25, -0.2) is 0 Å². The Hall–Kier alpha value is -1.71. The zero-order valence-electron chi connectivity index (χ0n) is 8.77. The normalized spacial score (nSPS) is 9.38. The van der Waals surface area contributed by atoms with E-state index in [0.717, 1.165) is 5.56 Å². The average Bonchev–Trinajstić information content (AvgIpc) is 2.28. The van der Waals surface area contributed by atoms with Gasteiger partial charge in [-0.15, -0.1) is 0 Å². The number of rotatable bonds is 4. The van der Waals surface area contributed by atoms with Crippen molar-refractivity contribution < 1.29 is 4.79 Å². The first kappa shape index (κ1) is 12.4. The van der Waals surface area contributed by atoms with E-state index in [1.807, 2.05) is 6.92 Å². The first-order valence-electron chi connectivity index (χ1n) is 4.70. The summed E-state index contributed by atoms with van der Waals surface area (Å²) in [6.45, 7) is 2.40. The molecular weight excluding hydrogens is 228 g/mol. The molecule has 1 amide bonds. The Bertz CT molecular complexity index is 440. The van der Waals surface area contributed by atoms with Crippen LogP contribution in [0.2, 0.25) is 5.02 Å². The third-order valence-electron chi connectivity index (χ3n) is 1.98. The summed E-state index contributed by atoms with van der Waals surface area (Å²) >= 11 is 5.84. The number of halogens is 1. The first-order valence-corrected chi connectivity index (χ1v) is 5.08. The number of carbonyl (C=O) groups excluding carboxylic acids is 1. The van der Waals surface area contributed by atoms with E-state index in [-0.39, 0.29) is 12.5 Å². The number of aryl methyl sites for hydroxylation is 1. The van der Waals surface area contributed by atoms with Gasteiger partial charge in [0.05, 0.1) is 0 Å². The zero-order valence-corrected chi connectivity index (χ0v) is 9.53. The van der Waals surface area contributed by atoms with Crippen LogP contribution >= 0.6 is 11.6 Å². The topological polar surface area (TPSA) is 77.9 Å². The van der Waals surface area contributed by atoms with Gasteiger partial charge in [0.25, 0.3) is 5.91 Å². The van der Waals surface area contributed by atoms with E-state index >= 15 is 0 Å². The molecule has 5 nitrogen and oxygen atoms in total. The van der Waals surface area contributed by atoms with Crippen molar-refractivity contribution in [3.63, 3.8) is 0 Å². The van der Waals surface area contributed by atoms with Crippen LogP contribution in [0.15, 0.2) is 23.3 Å². The molecule has 0 spiro atoms. The molecule has 0 atom stereocenters. The van der Waals surface area contributed by atoms with Crippen molar-refractivity contribution in [2.45, 2.75) is 6.92 Å². The summed E-state index contributed by atoms with van der Waals surface area (Å²) in [5.41, 5.74) is 9.44. The van der Waals surface area contributed by atoms with Gasteiger partial charge in [-0.2, -0.15) is 0 Å². The monoisotopic (exact) mass is 238 g/mol. The predicted octanol–water partition coefficient (Wildman–Crippen LogP) is 2.69. The van der Waals surface area contributed by atoms with Crippen molar-refractivity contribution in [1.29, 1.82) is 0 Å². The standard InChI is InChI=1S/C10H11ClN4O/c1-7-6-8(2-3-9(7)11)10(16)13-4-5-14-15-12/h2-3,6H,4-5H2,1H3,(H,13,16). The van der Waals surface area contributed by atoms with E-state index in [1.54, 1.807) is 18.2 Å². The maximum atomic E-state index is 11.6. The molecule has 1 aromatic rings. The summed E-state index contributed by atoms with van der Waals surface area (Å²) < 4.78 is 0. The highest BCUT2D eigenvalue weighted by molar-refractivity contribution is 6.31. The van der Waals surface area contributed by atoms with Crippen LogP contribution in [-0.4, -0.2) is 19.0 Å². The van der Waals surface area contributed by atoms with Crippen molar-refractivity contribution >= 4 is 17.5 Å². The number of azide groups is 1. The van der Waals surface area contributed by atoms with Crippen LogP contribution in [0.1, 0.15) is 15.9 Å². The second-order valence-electron chi connectivity index (χ2n) is 3.17. The van der Waals surface area contributed by atoms with Crippen LogP contribution in [0.4, 0.5) is 0 Å². The molecule has 0 fully saturated rings. The number of benzene rings is 1. The molecular formula is C10H11ClN4O. The van der Waals surface area contributed by atoms with Crippen LogP contribution in [-0.2, 0) is 0 Å². The molecule has 0 aliphatic rings. The molecule has 1 aromatic carbocycles. The van der Waals surface area contributed by atoms with Gasteiger partial charge in [-0.05, 0) is 36.2 Å². The molecule has 0 aliphatic heterocycles. The molecule has 0 saturated carbocycles. The summed E-state index contributed by atoms with van der Waals surface area (Å²) in [6.07, 6.45) is 0. The van der Waals surface area contributed by atoms with Crippen molar-refractivity contribution in [3.05, 3.63) is 44.8 Å². The minimum absolute atomic E-state index is 0.201. The van der Waals surface area contributed by atoms with Crippen molar-refractivity contribution in [2.24, 2.45) is 5.11 Å². The van der Waals surface area contributed by atoms with Crippen LogP contribution < -0.4 is 5.32 Å². The highest BCUT2D eigenvalue weighted by atomic mass is 35.5. The molecule has 6 heteroatoms. The number of nitrogens with zero attached hydrogens (tertiary/aromatic N) is 3. The Balaban J connectivity index is 2.59. The van der Waals surface area contributed by atoms with Gasteiger partial charge in [-0.3, -0.25) is 4.79 Å². The first-order chi connectivity index (χ1) is 7.65. The minimum Gasteiger partial charge on any atom is -0.352 e. The molecule has 0 aromatic heterocycles. The Labute approximate surface area is 98.0 Å². The second-order valence-corrected chi connectivity index (χ2v) is 3.58. The number of hydrogen-bond acceptors (Lipinski definition) is 2. The Morgan fingerprint density at radius 3 is 3.00 bits per heavy atom. The zero-order chi connectivity index (χ0) is 12.0. The third-order valence-corrected chi connectivity index (χ3v) is 2.40. The molecule has 1 N–H and O–H groups in total. The van der Waals surface area contributed by atoms with E-state index in [1.165, 1.54) is 0 Å². The van der Waals surface area contributed by atoms with E-state index in [9.17, 15) is 4.79 Å². The highest BCUT2D eigenvalue weighted by Gasteiger charge is 2.05. The molecule has 0 bridgehead atoms. The van der Waals surface area contributed by atoms with Crippen LogP contribution in [0, 0.1) is 6.92 Å². The second kappa shape index (κ2) is 6.00. The van der Waals surface area contributed by atoms with Gasteiger partial charge >= 0.3 is 0 Å². The summed E-state index contributed by atoms with van der Waals surface area (Å²) in [5.74, 6) is -0.201. The predicted molar refractivity (Wildman–Crippen MR) is 62.5 cm³/mol. The lowest BCUT2D eigenvalue weighted by Gasteiger charge is -2.04. The number of amides is 1. The summed E-state index contributed by atoms with van der Waals surface area (Å²) in [7, 11) is 0. The SMILES string of the molecule is Cc1cc(C(=O)NCCN=[N+]=[N-])ccc1Cl. The number of carbonyl (C=O) groups is 1. The molecule has 0 aliphatic carbocycles. The summed E-state index contributed by atoms with van der Waals surface area (Å²) in [4.78, 5) is 14.2. The van der Waals surface area contributed by atoms with E-state index in [4.69, 9.17) is 17.1 Å². The fourth-order valence-electron chi connectivity index (χ4n) is 1.15. The molecule has 84 valence electrons. The molecule has 0 saturated heterocycles. The molecule has 1 rings (SSSR count). The largest absolute Gasteiger partial charge is 0.352 e. The fourth-order valence-corrected chi connectivity index (χ4v) is 1.27. The van der Waals surface area contributed by atoms with Gasteiger partial charge in [0.15, 0.2) is 0 Å². The van der Waals surface area contributed by atoms with E-state index in [2.05, 4.69) is 15.3 Å². The molecule has 16 heavy (non-hydrogen) atoms. The van der Waals surface area contributed by atoms with Gasteiger partial charge in [0, 0.05) is 28.6 Å². The Kier molecular flexibility index (Phi) is 4.64. The highest BCUT2D eigenvalue weighted by Crippen LogP contribution is 2.15. The summed E-state index contributed by atoms with van der Waals surface area (Å²) in [5, 5.41) is 6.58. The van der Waals surface area contributed by atoms with Crippen molar-refractivity contribution in [3.8, 4) is 0 Å². The fraction of sp³-hybridized carbons (Fsp3) is 0.300. The molecule has 0 radical (unpaired) electrons. The van der Waals surface area contributed by atoms with Crippen molar-refractivity contribution in [1.82, 2.24) is 5.32 Å². The summed E-state index contributed by atoms with van der Waals surface area (Å²) in [6, 6.07) is 5.04. The smallest absolute Gasteiger partial charge is 0.251 e. The van der Waals surface area contributed by atoms with E-state index in [0.29, 0.717) is 17.1 Å². The van der Waals surface area contributed by atoms with Gasteiger partial charge in [0.2, 0.25) is 0 Å². The Morgan fingerprint density at radius 1 is 1.62 bits per heavy atom. The maximum absolute atomic E-state index is 11.6. The lowest BCUT2D eigenvalue weighted by molar-refractivity contribution is 0.0954. The maximum Gasteiger partial charge on any atom is 0.251 e. The lowest BCUT2D eigenvalue weighted by atomic mass is 10.1. The van der Waals surface area contributed by atoms with Crippen LogP contribution in [0.25, 0.3) is 10.4 Å². The minimum atomic E-state index is -0.201. The molecule has 0 unspecified atom stereocenters. The average molecular weight is 239 g/mol. The van der Waals surface area contributed by atoms with Crippen LogP contribution in [0.5, 0.6) is 0 Å². The number of hydrogen-bond donors (Lipinski definition) is 1.